The third kappa shape index (κ3) is 13.9. The maximum Gasteiger partial charge on any atom is 0.197 e. The molecule has 22 aromatic carbocycles. The first kappa shape index (κ1) is 88.4. The highest BCUT2D eigenvalue weighted by Gasteiger charge is 2.45. The molecule has 4 heterocycles. The Kier molecular flexibility index (Phi) is 19.9. The Hall–Kier alpha value is -18.5. The summed E-state index contributed by atoms with van der Waals surface area (Å²) in [4.78, 5) is 93.3. The second-order valence-electron chi connectivity index (χ2n) is 41.9. The molecule has 0 bridgehead atoms. The van der Waals surface area contributed by atoms with Gasteiger partial charge in [0.25, 0.3) is 0 Å². The Balaban J connectivity index is 0.000000110. The van der Waals surface area contributed by atoms with Gasteiger partial charge in [0, 0.05) is 77.8 Å². The first-order valence-electron chi connectivity index (χ1n) is 50.5. The van der Waals surface area contributed by atoms with Crippen molar-refractivity contribution in [1.29, 1.82) is 0 Å². The SMILES string of the molecule is CC1(C)c2cc3ccccc3cc2N(c2ccc3ccccc3c2)c2ccc3cc(C=C4C(=O)c5cc6ccccc6cc5C4=O)ccc3c21.CC1(C)c2cc3ccccc3cc2N(c2cccc3ccccc23)c2ccc3cc(C=C4C(=O)c5cc6ccccc6cc5C4=O)ccc3c21.Cc1cc(N2c3cc4ccccc4cc3C(C)(C)c3c2ccc2cc(C=C4C(=O)c5cc6ccccc6cc5C4=O)ccc32)cc(C)n1. The van der Waals surface area contributed by atoms with Gasteiger partial charge in [-0.3, -0.25) is 33.8 Å². The molecule has 0 N–H and O–H groups in total. The lowest BCUT2D eigenvalue weighted by atomic mass is 9.71. The monoisotopic (exact) mass is 1900 g/mol. The number of anilines is 9. The average molecular weight is 1900 g/mol. The molecule has 0 saturated carbocycles. The third-order valence-electron chi connectivity index (χ3n) is 31.8. The van der Waals surface area contributed by atoms with Gasteiger partial charge in [0.15, 0.2) is 34.7 Å². The topological polar surface area (TPSA) is 125 Å². The van der Waals surface area contributed by atoms with E-state index in [9.17, 15) is 28.8 Å². The highest BCUT2D eigenvalue weighted by atomic mass is 16.2. The van der Waals surface area contributed by atoms with Gasteiger partial charge in [-0.05, 0) is 335 Å². The standard InChI is InChI=1S/2C47H31NO2.C44H32N2O2/c1-47(2)40-26-32-13-5-6-14-33(32)27-43(40)48(41-17-9-15-29-10-7-8-16-35(29)41)42-21-19-34-22-28(18-20-36(34)44(42)47)23-39-45(49)37-24-30-11-3-4-12-31(30)25-38(37)46(39)50;1-47(2)41-26-33-13-7-8-14-34(33)27-43(41)48(36-18-16-29-9-3-4-10-30(29)23-36)42-20-17-35-21-28(15-19-37(35)44(42)47)22-40-45(49)38-24-31-11-5-6-12-32(31)25-39(38)46(40)50;1-25-17-33(18-26(2)45-25)46-39-16-14-32-19-27(20-37-42(47)35-21-28-9-5-6-10-29(28)22-36(35)43(37)48)13-15-34(32)41(39)44(3,4)38-23-30-11-7-8-12-31(30)24-40(38)46/h2*3-27H,1-2H3;5-24H,1-4H3. The number of fused-ring (bicyclic) bond motifs is 23. The van der Waals surface area contributed by atoms with Crippen LogP contribution in [0, 0.1) is 13.8 Å². The summed E-state index contributed by atoms with van der Waals surface area (Å²) in [5.41, 5.74) is 24.9. The number of carbonyl (C=O) groups excluding carboxylic acids is 6. The van der Waals surface area contributed by atoms with Crippen molar-refractivity contribution in [2.45, 2.75) is 71.6 Å². The number of benzene rings is 22. The van der Waals surface area contributed by atoms with Crippen molar-refractivity contribution >= 4 is 223 Å². The minimum Gasteiger partial charge on any atom is -0.310 e. The summed E-state index contributed by atoms with van der Waals surface area (Å²) in [7, 11) is 0. The number of rotatable bonds is 6. The van der Waals surface area contributed by atoms with Gasteiger partial charge in [-0.2, -0.15) is 0 Å². The summed E-state index contributed by atoms with van der Waals surface area (Å²) in [5, 5.41) is 24.4. The summed E-state index contributed by atoms with van der Waals surface area (Å²) in [6.07, 6.45) is 5.29. The van der Waals surface area contributed by atoms with E-state index in [1.807, 2.05) is 141 Å². The maximum absolute atomic E-state index is 13.6. The van der Waals surface area contributed by atoms with E-state index in [-0.39, 0.29) is 67.7 Å². The molecule has 0 radical (unpaired) electrons. The molecule has 10 nitrogen and oxygen atoms in total. The van der Waals surface area contributed by atoms with E-state index < -0.39 is 0 Å². The van der Waals surface area contributed by atoms with Crippen molar-refractivity contribution in [2.75, 3.05) is 14.7 Å². The number of hydrogen-bond donors (Lipinski definition) is 0. The number of allylic oxidation sites excluding steroid dienone is 3. The van der Waals surface area contributed by atoms with Gasteiger partial charge in [0.05, 0.1) is 56.5 Å². The molecule has 0 fully saturated rings. The molecule has 10 heteroatoms. The normalized spacial score (nSPS) is 14.8. The predicted molar refractivity (Wildman–Crippen MR) is 609 cm³/mol. The van der Waals surface area contributed by atoms with E-state index in [0.29, 0.717) is 33.4 Å². The van der Waals surface area contributed by atoms with Crippen LogP contribution >= 0.6 is 0 Å². The molecule has 3 aliphatic carbocycles. The van der Waals surface area contributed by atoms with Crippen LogP contribution in [0.15, 0.2) is 423 Å². The van der Waals surface area contributed by atoms with E-state index in [1.54, 1.807) is 18.2 Å². The maximum atomic E-state index is 13.6. The highest BCUT2D eigenvalue weighted by molar-refractivity contribution is 6.44. The second-order valence-corrected chi connectivity index (χ2v) is 41.9. The molecule has 23 aromatic rings. The van der Waals surface area contributed by atoms with Crippen LogP contribution in [0.3, 0.4) is 0 Å². The van der Waals surface area contributed by atoms with Crippen molar-refractivity contribution in [2.24, 2.45) is 0 Å². The van der Waals surface area contributed by atoms with Crippen LogP contribution < -0.4 is 14.7 Å². The number of carbonyl (C=O) groups is 6. The zero-order valence-electron chi connectivity index (χ0n) is 82.7. The lowest BCUT2D eigenvalue weighted by Crippen LogP contribution is -2.31. The Morgan fingerprint density at radius 2 is 0.459 bits per heavy atom. The molecule has 0 amide bonds. The summed E-state index contributed by atoms with van der Waals surface area (Å²) in [5.74, 6) is -1.27. The molecule has 29 rings (SSSR count). The summed E-state index contributed by atoms with van der Waals surface area (Å²) >= 11 is 0. The minimum atomic E-state index is -0.323. The van der Waals surface area contributed by atoms with Gasteiger partial charge < -0.3 is 14.7 Å². The van der Waals surface area contributed by atoms with Crippen LogP contribution in [0.2, 0.25) is 0 Å². The lowest BCUT2D eigenvalue weighted by Gasteiger charge is -2.43. The molecule has 148 heavy (non-hydrogen) atoms. The second kappa shape index (κ2) is 33.3. The first-order valence-corrected chi connectivity index (χ1v) is 50.5. The molecular weight excluding hydrogens is 1810 g/mol. The number of nitrogens with zero attached hydrogens (tertiary/aromatic N) is 4. The Bertz CT molecular complexity index is 9900. The van der Waals surface area contributed by atoms with Crippen molar-refractivity contribution in [3.8, 4) is 0 Å². The molecule has 0 atom stereocenters. The number of aryl methyl sites for hydroxylation is 2. The summed E-state index contributed by atoms with van der Waals surface area (Å²) in [6, 6.07) is 141. The first-order chi connectivity index (χ1) is 71.9. The minimum absolute atomic E-state index is 0.211. The quantitative estimate of drug-likeness (QED) is 0.117. The van der Waals surface area contributed by atoms with Crippen molar-refractivity contribution in [1.82, 2.24) is 4.98 Å². The van der Waals surface area contributed by atoms with Gasteiger partial charge >= 0.3 is 0 Å². The molecule has 702 valence electrons. The van der Waals surface area contributed by atoms with E-state index >= 15 is 0 Å². The van der Waals surface area contributed by atoms with Crippen LogP contribution in [0.5, 0.6) is 0 Å². The number of Topliss-reactive ketones (excluding diaryl/α,β-unsaturated/α-hetero) is 6. The van der Waals surface area contributed by atoms with E-state index in [0.717, 1.165) is 127 Å². The van der Waals surface area contributed by atoms with Crippen LogP contribution in [0.4, 0.5) is 51.2 Å². The average Bonchev–Trinajstić information content (AvgIpc) is 1.11. The molecule has 0 spiro atoms. The smallest absolute Gasteiger partial charge is 0.197 e. The summed E-state index contributed by atoms with van der Waals surface area (Å²) in [6.45, 7) is 18.0. The van der Waals surface area contributed by atoms with Gasteiger partial charge in [0.2, 0.25) is 0 Å². The molecule has 0 saturated heterocycles. The number of hydrogen-bond acceptors (Lipinski definition) is 10. The Morgan fingerprint density at radius 1 is 0.196 bits per heavy atom. The van der Waals surface area contributed by atoms with Crippen LogP contribution in [-0.2, 0) is 16.2 Å². The number of aromatic nitrogens is 1. The van der Waals surface area contributed by atoms with Gasteiger partial charge in [-0.25, -0.2) is 0 Å². The fourth-order valence-corrected chi connectivity index (χ4v) is 24.7. The van der Waals surface area contributed by atoms with Gasteiger partial charge in [0.1, 0.15) is 0 Å². The van der Waals surface area contributed by atoms with Crippen molar-refractivity contribution in [3.05, 3.63) is 518 Å². The Labute approximate surface area is 854 Å². The van der Waals surface area contributed by atoms with E-state index in [4.69, 9.17) is 0 Å². The zero-order chi connectivity index (χ0) is 100. The fourth-order valence-electron chi connectivity index (χ4n) is 24.7. The van der Waals surface area contributed by atoms with Gasteiger partial charge in [-0.1, -0.05) is 308 Å². The van der Waals surface area contributed by atoms with Crippen molar-refractivity contribution in [3.63, 3.8) is 0 Å². The Morgan fingerprint density at radius 3 is 0.797 bits per heavy atom. The molecule has 3 aliphatic heterocycles. The number of pyridine rings is 1. The van der Waals surface area contributed by atoms with Crippen LogP contribution in [0.1, 0.15) is 165 Å². The van der Waals surface area contributed by atoms with Crippen LogP contribution in [0.25, 0.3) is 137 Å². The van der Waals surface area contributed by atoms with Gasteiger partial charge in [-0.15, -0.1) is 0 Å². The summed E-state index contributed by atoms with van der Waals surface area (Å²) < 4.78 is 0. The fraction of sp³-hybridized carbons (Fsp3) is 0.0797. The lowest BCUT2D eigenvalue weighted by molar-refractivity contribution is 0.0975. The van der Waals surface area contributed by atoms with Crippen LogP contribution in [-0.4, -0.2) is 39.7 Å². The molecular formula is C138H94N4O6. The van der Waals surface area contributed by atoms with E-state index in [1.165, 1.54) is 104 Å². The molecule has 0 unspecified atom stereocenters. The predicted octanol–water partition coefficient (Wildman–Crippen LogP) is 34.5. The molecule has 6 aliphatic rings. The third-order valence-corrected chi connectivity index (χ3v) is 31.8. The molecule has 1 aromatic heterocycles. The largest absolute Gasteiger partial charge is 0.310 e. The van der Waals surface area contributed by atoms with Crippen molar-refractivity contribution < 1.29 is 28.8 Å². The van der Waals surface area contributed by atoms with E-state index in [2.05, 4.69) is 340 Å². The highest BCUT2D eigenvalue weighted by Crippen LogP contribution is 2.60. The zero-order valence-corrected chi connectivity index (χ0v) is 82.7. The number of ketones is 6.